The van der Waals surface area contributed by atoms with Gasteiger partial charge >= 0.3 is 10.4 Å². The molecule has 2 N–H and O–H groups in total. The van der Waals surface area contributed by atoms with Gasteiger partial charge in [-0.15, -0.1) is 0 Å². The van der Waals surface area contributed by atoms with Gasteiger partial charge < -0.3 is 10.2 Å². The van der Waals surface area contributed by atoms with Crippen molar-refractivity contribution in [2.45, 2.75) is 32.6 Å². The molecule has 7 nitrogen and oxygen atoms in total. The van der Waals surface area contributed by atoms with Crippen LogP contribution in [0, 0.1) is 0 Å². The van der Waals surface area contributed by atoms with Crippen molar-refractivity contribution in [3.05, 3.63) is 35.5 Å². The Morgan fingerprint density at radius 1 is 1.41 bits per heavy atom. The first-order valence-corrected chi connectivity index (χ1v) is 10.2. The van der Waals surface area contributed by atoms with E-state index in [9.17, 15) is 8.42 Å². The molecule has 0 bridgehead atoms. The van der Waals surface area contributed by atoms with E-state index in [0.717, 1.165) is 5.39 Å². The number of likely N-dealkylation sites (N-methyl/N-ethyl adjacent to an activating group) is 1. The zero-order valence-electron chi connectivity index (χ0n) is 19.1. The summed E-state index contributed by atoms with van der Waals surface area (Å²) < 4.78 is 68.0. The zero-order chi connectivity index (χ0) is 23.4. The van der Waals surface area contributed by atoms with Gasteiger partial charge in [-0.3, -0.25) is 9.54 Å². The summed E-state index contributed by atoms with van der Waals surface area (Å²) in [6, 6.07) is 5.91. The lowest BCUT2D eigenvalue weighted by Gasteiger charge is -2.22. The second-order valence-electron chi connectivity index (χ2n) is 5.83. The van der Waals surface area contributed by atoms with Crippen molar-refractivity contribution in [2.75, 3.05) is 31.6 Å². The van der Waals surface area contributed by atoms with E-state index in [4.69, 9.17) is 21.6 Å². The van der Waals surface area contributed by atoms with Crippen molar-refractivity contribution in [1.82, 2.24) is 9.88 Å². The highest BCUT2D eigenvalue weighted by Gasteiger charge is 2.10. The summed E-state index contributed by atoms with van der Waals surface area (Å²) in [6.07, 6.45) is -3.03. The molecule has 27 heavy (non-hydrogen) atoms. The molecule has 0 spiro atoms. The lowest BCUT2D eigenvalue weighted by molar-refractivity contribution is 0.200. The van der Waals surface area contributed by atoms with Gasteiger partial charge in [0.2, 0.25) is 0 Å². The van der Waals surface area contributed by atoms with Gasteiger partial charge in [-0.1, -0.05) is 18.5 Å². The number of benzene rings is 1. The first kappa shape index (κ1) is 16.5. The Morgan fingerprint density at radius 2 is 2.19 bits per heavy atom. The molecule has 0 radical (unpaired) electrons. The number of anilines is 1. The van der Waals surface area contributed by atoms with E-state index in [1.54, 1.807) is 44.3 Å². The van der Waals surface area contributed by atoms with Gasteiger partial charge in [0, 0.05) is 40.4 Å². The molecule has 0 aliphatic heterocycles. The van der Waals surface area contributed by atoms with Crippen molar-refractivity contribution >= 4 is 38.6 Å². The highest BCUT2D eigenvalue weighted by atomic mass is 35.5. The quantitative estimate of drug-likeness (QED) is 0.537. The topological polar surface area (TPSA) is 91.8 Å². The highest BCUT2D eigenvalue weighted by molar-refractivity contribution is 7.80. The molecule has 1 aromatic heterocycles. The van der Waals surface area contributed by atoms with Gasteiger partial charge in [0.25, 0.3) is 0 Å². The van der Waals surface area contributed by atoms with Crippen molar-refractivity contribution < 1.29 is 22.6 Å². The average Bonchev–Trinajstić information content (AvgIpc) is 2.65. The number of pyridine rings is 1. The van der Waals surface area contributed by atoms with E-state index in [1.807, 2.05) is 0 Å². The Morgan fingerprint density at radius 3 is 2.89 bits per heavy atom. The number of halogens is 1. The third-order valence-corrected chi connectivity index (χ3v) is 4.48. The highest BCUT2D eigenvalue weighted by Crippen LogP contribution is 2.25. The predicted molar refractivity (Wildman–Crippen MR) is 109 cm³/mol. The monoisotopic (exact) mass is 419 g/mol. The van der Waals surface area contributed by atoms with Crippen LogP contribution in [0.1, 0.15) is 32.1 Å². The fourth-order valence-corrected chi connectivity index (χ4v) is 2.90. The normalized spacial score (nSPS) is 16.5. The first-order valence-electron chi connectivity index (χ1n) is 10.4. The van der Waals surface area contributed by atoms with Crippen LogP contribution in [-0.4, -0.2) is 55.1 Å². The van der Waals surface area contributed by atoms with E-state index in [2.05, 4.69) is 14.5 Å². The number of rotatable bonds is 11. The number of aromatic nitrogens is 1. The molecule has 0 saturated carbocycles. The van der Waals surface area contributed by atoms with Gasteiger partial charge in [-0.25, -0.2) is 4.18 Å². The maximum Gasteiger partial charge on any atom is 0.397 e. The maximum atomic E-state index is 10.7. The number of fused-ring (bicyclic) bond motifs is 1. The molecule has 1 unspecified atom stereocenters. The van der Waals surface area contributed by atoms with E-state index in [0.29, 0.717) is 22.8 Å². The van der Waals surface area contributed by atoms with Gasteiger partial charge in [0.15, 0.2) is 0 Å². The van der Waals surface area contributed by atoms with Gasteiger partial charge in [0.1, 0.15) is 0 Å². The minimum atomic E-state index is -4.59. The molecule has 1 heterocycles. The Kier molecular flexibility index (Phi) is 6.23. The molecule has 1 aromatic carbocycles. The predicted octanol–water partition coefficient (Wildman–Crippen LogP) is 3.61. The number of nitrogens with zero attached hydrogens (tertiary/aromatic N) is 2. The minimum Gasteiger partial charge on any atom is -0.382 e. The molecule has 0 aliphatic carbocycles. The van der Waals surface area contributed by atoms with Crippen LogP contribution in [0.3, 0.4) is 0 Å². The van der Waals surface area contributed by atoms with Crippen LogP contribution in [0.15, 0.2) is 30.5 Å². The fraction of sp³-hybridized carbons (Fsp3) is 0.500. The number of hydrogen-bond acceptors (Lipinski definition) is 6. The summed E-state index contributed by atoms with van der Waals surface area (Å²) in [6.45, 7) is 2.95. The molecule has 150 valence electrons. The molecule has 0 saturated heterocycles. The second-order valence-corrected chi connectivity index (χ2v) is 7.35. The van der Waals surface area contributed by atoms with Crippen LogP contribution in [0.2, 0.25) is 5.02 Å². The number of hydrogen-bond donors (Lipinski definition) is 2. The van der Waals surface area contributed by atoms with Crippen LogP contribution in [-0.2, 0) is 14.6 Å². The zero-order valence-corrected chi connectivity index (χ0v) is 16.7. The summed E-state index contributed by atoms with van der Waals surface area (Å²) in [5.41, 5.74) is 1.23. The van der Waals surface area contributed by atoms with Crippen LogP contribution < -0.4 is 5.32 Å². The lowest BCUT2D eigenvalue weighted by Crippen LogP contribution is -2.30. The number of nitrogens with one attached hydrogen (secondary N) is 1. The molecule has 0 amide bonds. The van der Waals surface area contributed by atoms with Crippen molar-refractivity contribution in [3.63, 3.8) is 0 Å². The third-order valence-electron chi connectivity index (χ3n) is 3.79. The van der Waals surface area contributed by atoms with Crippen LogP contribution >= 0.6 is 11.6 Å². The van der Waals surface area contributed by atoms with E-state index < -0.39 is 29.2 Å². The fourth-order valence-electron chi connectivity index (χ4n) is 2.45. The molecular formula is C18H26ClN3O4S. The minimum absolute atomic E-state index is 0.00341. The van der Waals surface area contributed by atoms with Crippen molar-refractivity contribution in [3.8, 4) is 0 Å². The van der Waals surface area contributed by atoms with Crippen molar-refractivity contribution in [2.24, 2.45) is 0 Å². The molecule has 1 atom stereocenters. The Hall–Kier alpha value is -1.45. The molecule has 0 fully saturated rings. The molecule has 0 aliphatic rings. The SMILES string of the molecule is [2H]C([2H])(CN(CC)CCOS(=O)(=O)O)C([2H])([2H])C(C)Nc1ccnc2cc(Cl)ccc12. The summed E-state index contributed by atoms with van der Waals surface area (Å²) >= 11 is 6.00. The molecule has 2 aromatic rings. The summed E-state index contributed by atoms with van der Waals surface area (Å²) in [5.74, 6) is 0. The van der Waals surface area contributed by atoms with E-state index in [1.165, 1.54) is 4.90 Å². The molecule has 9 heteroatoms. The second kappa shape index (κ2) is 10.2. The summed E-state index contributed by atoms with van der Waals surface area (Å²) in [5, 5.41) is 4.30. The molecule has 2 rings (SSSR count). The standard InChI is InChI=1S/C18H26ClN3O4S/c1-3-22(11-12-26-27(23,24)25)10-4-5-14(2)21-17-8-9-20-18-13-15(19)6-7-16(17)18/h6-9,13-14H,3-5,10-12H2,1-2H3,(H,20,21)(H,23,24,25)/i4D2,5D2. The van der Waals surface area contributed by atoms with Crippen LogP contribution in [0.5, 0.6) is 0 Å². The largest absolute Gasteiger partial charge is 0.397 e. The van der Waals surface area contributed by atoms with Crippen LogP contribution in [0.4, 0.5) is 5.69 Å². The van der Waals surface area contributed by atoms with Crippen molar-refractivity contribution in [1.29, 1.82) is 0 Å². The van der Waals surface area contributed by atoms with Gasteiger partial charge in [-0.2, -0.15) is 8.42 Å². The summed E-state index contributed by atoms with van der Waals surface area (Å²) in [7, 11) is -4.59. The average molecular weight is 420 g/mol. The van der Waals surface area contributed by atoms with Gasteiger partial charge in [-0.05, 0) is 57.0 Å². The molecular weight excluding hydrogens is 390 g/mol. The Balaban J connectivity index is 2.14. The van der Waals surface area contributed by atoms with Crippen LogP contribution in [0.25, 0.3) is 10.9 Å². The summed E-state index contributed by atoms with van der Waals surface area (Å²) in [4.78, 5) is 5.76. The van der Waals surface area contributed by atoms with Gasteiger partial charge in [0.05, 0.1) is 12.1 Å². The Labute approximate surface area is 171 Å². The lowest BCUT2D eigenvalue weighted by atomic mass is 10.1. The smallest absolute Gasteiger partial charge is 0.382 e. The van der Waals surface area contributed by atoms with E-state index in [-0.39, 0.29) is 19.7 Å². The first-order chi connectivity index (χ1) is 14.3. The Bertz CT molecular complexity index is 1010. The third kappa shape index (κ3) is 7.59. The maximum absolute atomic E-state index is 10.7. The van der Waals surface area contributed by atoms with E-state index >= 15 is 0 Å².